The zero-order valence-electron chi connectivity index (χ0n) is 11.0. The van der Waals surface area contributed by atoms with Crippen LogP contribution in [0, 0.1) is 3.57 Å². The van der Waals surface area contributed by atoms with Crippen LogP contribution < -0.4 is 14.8 Å². The van der Waals surface area contributed by atoms with Gasteiger partial charge in [0.2, 0.25) is 12.7 Å². The van der Waals surface area contributed by atoms with Gasteiger partial charge in [0.05, 0.1) is 0 Å². The number of carbonyl (C=O) groups is 1. The van der Waals surface area contributed by atoms with Gasteiger partial charge in [0, 0.05) is 15.3 Å². The molecule has 2 aromatic rings. The Morgan fingerprint density at radius 1 is 1.10 bits per heavy atom. The summed E-state index contributed by atoms with van der Waals surface area (Å²) in [6.07, 6.45) is 3.24. The predicted molar refractivity (Wildman–Crippen MR) is 89.4 cm³/mol. The Hall–Kier alpha value is -2.02. The second-order valence-electron chi connectivity index (χ2n) is 4.44. The van der Waals surface area contributed by atoms with Crippen LogP contribution in [0.15, 0.2) is 48.5 Å². The molecule has 1 aliphatic heterocycles. The number of anilines is 1. The molecule has 0 bridgehead atoms. The number of halogens is 1. The van der Waals surface area contributed by atoms with E-state index in [1.807, 2.05) is 42.5 Å². The summed E-state index contributed by atoms with van der Waals surface area (Å²) in [4.78, 5) is 11.8. The first-order chi connectivity index (χ1) is 10.2. The molecule has 0 unspecified atom stereocenters. The van der Waals surface area contributed by atoms with Crippen LogP contribution in [0.25, 0.3) is 6.08 Å². The van der Waals surface area contributed by atoms with Crippen LogP contribution in [0.3, 0.4) is 0 Å². The van der Waals surface area contributed by atoms with Gasteiger partial charge in [-0.15, -0.1) is 0 Å². The first kappa shape index (κ1) is 13.9. The first-order valence-electron chi connectivity index (χ1n) is 6.35. The Balaban J connectivity index is 1.65. The van der Waals surface area contributed by atoms with E-state index in [4.69, 9.17) is 9.47 Å². The SMILES string of the molecule is O=C(C=Cc1ccc2c(c1)OCO2)Nc1ccc(I)cc1. The molecular formula is C16H12INO3. The van der Waals surface area contributed by atoms with Crippen molar-refractivity contribution in [3.8, 4) is 11.5 Å². The van der Waals surface area contributed by atoms with Crippen LogP contribution in [0.4, 0.5) is 5.69 Å². The number of ether oxygens (including phenoxy) is 2. The topological polar surface area (TPSA) is 47.6 Å². The fourth-order valence-electron chi connectivity index (χ4n) is 1.91. The lowest BCUT2D eigenvalue weighted by Gasteiger charge is -2.02. The van der Waals surface area contributed by atoms with Gasteiger partial charge in [0.15, 0.2) is 11.5 Å². The molecule has 0 radical (unpaired) electrons. The summed E-state index contributed by atoms with van der Waals surface area (Å²) in [6.45, 7) is 0.246. The van der Waals surface area contributed by atoms with Crippen LogP contribution in [0.5, 0.6) is 11.5 Å². The molecule has 0 saturated carbocycles. The number of nitrogens with one attached hydrogen (secondary N) is 1. The van der Waals surface area contributed by atoms with Crippen molar-refractivity contribution < 1.29 is 14.3 Å². The van der Waals surface area contributed by atoms with Crippen molar-refractivity contribution in [3.05, 3.63) is 57.7 Å². The minimum atomic E-state index is -0.172. The largest absolute Gasteiger partial charge is 0.454 e. The highest BCUT2D eigenvalue weighted by Gasteiger charge is 2.12. The second kappa shape index (κ2) is 6.17. The third-order valence-electron chi connectivity index (χ3n) is 2.94. The van der Waals surface area contributed by atoms with Gasteiger partial charge in [0.25, 0.3) is 0 Å². The summed E-state index contributed by atoms with van der Waals surface area (Å²) in [5.74, 6) is 1.26. The summed E-state index contributed by atoms with van der Waals surface area (Å²) in [5, 5.41) is 2.81. The maximum atomic E-state index is 11.8. The third-order valence-corrected chi connectivity index (χ3v) is 3.65. The molecular weight excluding hydrogens is 381 g/mol. The smallest absolute Gasteiger partial charge is 0.248 e. The second-order valence-corrected chi connectivity index (χ2v) is 5.69. The minimum absolute atomic E-state index is 0.172. The lowest BCUT2D eigenvalue weighted by Crippen LogP contribution is -2.07. The Bertz CT molecular complexity index is 695. The molecule has 1 heterocycles. The van der Waals surface area contributed by atoms with Crippen molar-refractivity contribution in [3.63, 3.8) is 0 Å². The molecule has 21 heavy (non-hydrogen) atoms. The maximum absolute atomic E-state index is 11.8. The van der Waals surface area contributed by atoms with Crippen LogP contribution in [0.2, 0.25) is 0 Å². The van der Waals surface area contributed by atoms with E-state index in [1.54, 1.807) is 6.08 Å². The number of amides is 1. The molecule has 0 aromatic heterocycles. The van der Waals surface area contributed by atoms with Crippen molar-refractivity contribution in [2.75, 3.05) is 12.1 Å². The number of carbonyl (C=O) groups excluding carboxylic acids is 1. The summed E-state index contributed by atoms with van der Waals surface area (Å²) < 4.78 is 11.7. The van der Waals surface area contributed by atoms with Gasteiger partial charge in [-0.3, -0.25) is 4.79 Å². The number of benzene rings is 2. The summed E-state index contributed by atoms with van der Waals surface area (Å²) in [6, 6.07) is 13.2. The van der Waals surface area contributed by atoms with Crippen LogP contribution >= 0.6 is 22.6 Å². The molecule has 0 aliphatic carbocycles. The van der Waals surface area contributed by atoms with E-state index in [2.05, 4.69) is 27.9 Å². The van der Waals surface area contributed by atoms with Gasteiger partial charge in [-0.1, -0.05) is 6.07 Å². The molecule has 5 heteroatoms. The lowest BCUT2D eigenvalue weighted by atomic mass is 10.2. The van der Waals surface area contributed by atoms with Gasteiger partial charge in [0.1, 0.15) is 0 Å². The Morgan fingerprint density at radius 3 is 2.67 bits per heavy atom. The average molecular weight is 393 g/mol. The quantitative estimate of drug-likeness (QED) is 0.640. The van der Waals surface area contributed by atoms with E-state index in [0.29, 0.717) is 5.75 Å². The molecule has 0 spiro atoms. The molecule has 1 N–H and O–H groups in total. The van der Waals surface area contributed by atoms with Crippen molar-refractivity contribution in [1.82, 2.24) is 0 Å². The van der Waals surface area contributed by atoms with E-state index < -0.39 is 0 Å². The number of fused-ring (bicyclic) bond motifs is 1. The van der Waals surface area contributed by atoms with Crippen LogP contribution in [-0.2, 0) is 4.79 Å². The van der Waals surface area contributed by atoms with Gasteiger partial charge in [-0.05, 0) is 70.6 Å². The van der Waals surface area contributed by atoms with Crippen molar-refractivity contribution in [2.45, 2.75) is 0 Å². The van der Waals surface area contributed by atoms with Crippen molar-refractivity contribution in [2.24, 2.45) is 0 Å². The molecule has 1 amide bonds. The fourth-order valence-corrected chi connectivity index (χ4v) is 2.27. The van der Waals surface area contributed by atoms with E-state index >= 15 is 0 Å². The van der Waals surface area contributed by atoms with E-state index in [0.717, 1.165) is 20.6 Å². The zero-order chi connectivity index (χ0) is 14.7. The van der Waals surface area contributed by atoms with Crippen molar-refractivity contribution >= 4 is 40.3 Å². The highest BCUT2D eigenvalue weighted by atomic mass is 127. The molecule has 1 aliphatic rings. The normalized spacial score (nSPS) is 12.6. The van der Waals surface area contributed by atoms with Crippen LogP contribution in [-0.4, -0.2) is 12.7 Å². The number of rotatable bonds is 3. The lowest BCUT2D eigenvalue weighted by molar-refractivity contribution is -0.111. The van der Waals surface area contributed by atoms with E-state index in [9.17, 15) is 4.79 Å². The average Bonchev–Trinajstić information content (AvgIpc) is 2.95. The minimum Gasteiger partial charge on any atom is -0.454 e. The van der Waals surface area contributed by atoms with Gasteiger partial charge < -0.3 is 14.8 Å². The monoisotopic (exact) mass is 393 g/mol. The van der Waals surface area contributed by atoms with E-state index in [1.165, 1.54) is 6.08 Å². The predicted octanol–water partition coefficient (Wildman–Crippen LogP) is 3.67. The maximum Gasteiger partial charge on any atom is 0.248 e. The molecule has 4 nitrogen and oxygen atoms in total. The molecule has 0 saturated heterocycles. The van der Waals surface area contributed by atoms with E-state index in [-0.39, 0.29) is 12.7 Å². The number of hydrogen-bond donors (Lipinski definition) is 1. The van der Waals surface area contributed by atoms with Crippen LogP contribution in [0.1, 0.15) is 5.56 Å². The molecule has 0 fully saturated rings. The molecule has 106 valence electrons. The fraction of sp³-hybridized carbons (Fsp3) is 0.0625. The number of hydrogen-bond acceptors (Lipinski definition) is 3. The van der Waals surface area contributed by atoms with Crippen molar-refractivity contribution in [1.29, 1.82) is 0 Å². The Labute approximate surface area is 135 Å². The molecule has 2 aromatic carbocycles. The Kier molecular flexibility index (Phi) is 4.10. The molecule has 0 atom stereocenters. The van der Waals surface area contributed by atoms with Gasteiger partial charge >= 0.3 is 0 Å². The van der Waals surface area contributed by atoms with Gasteiger partial charge in [-0.2, -0.15) is 0 Å². The summed E-state index contributed by atoms with van der Waals surface area (Å²) in [7, 11) is 0. The standard InChI is InChI=1S/C16H12INO3/c17-12-3-5-13(6-4-12)18-16(19)8-2-11-1-7-14-15(9-11)21-10-20-14/h1-9H,10H2,(H,18,19). The highest BCUT2D eigenvalue weighted by Crippen LogP contribution is 2.32. The van der Waals surface area contributed by atoms with Gasteiger partial charge in [-0.25, -0.2) is 0 Å². The molecule has 3 rings (SSSR count). The summed E-state index contributed by atoms with van der Waals surface area (Å²) >= 11 is 2.22. The summed E-state index contributed by atoms with van der Waals surface area (Å²) in [5.41, 5.74) is 1.66. The highest BCUT2D eigenvalue weighted by molar-refractivity contribution is 14.1. The zero-order valence-corrected chi connectivity index (χ0v) is 13.2. The Morgan fingerprint density at radius 2 is 1.86 bits per heavy atom. The first-order valence-corrected chi connectivity index (χ1v) is 7.43. The third kappa shape index (κ3) is 3.55.